The smallest absolute Gasteiger partial charge is 0.135 e. The van der Waals surface area contributed by atoms with E-state index in [1.165, 1.54) is 4.90 Å². The molecule has 118 valence electrons. The zero-order chi connectivity index (χ0) is 16.2. The molecule has 3 nitrogen and oxygen atoms in total. The normalized spacial score (nSPS) is 12.1. The third kappa shape index (κ3) is 3.60. The molecule has 0 saturated heterocycles. The molecule has 2 N–H and O–H groups in total. The van der Waals surface area contributed by atoms with Gasteiger partial charge < -0.3 is 14.5 Å². The standard InChI is InChI=1S/C19H20N2OS/c1-14(20)15-10-11-18(17(13-15)19-9-6-12-22-19)21(2)23-16-7-4-3-5-8-16/h3-14H,20H2,1-2H3. The minimum Gasteiger partial charge on any atom is -0.464 e. The summed E-state index contributed by atoms with van der Waals surface area (Å²) in [5, 5.41) is 0. The lowest BCUT2D eigenvalue weighted by Gasteiger charge is -2.22. The third-order valence-corrected chi connectivity index (χ3v) is 4.61. The van der Waals surface area contributed by atoms with E-state index in [2.05, 4.69) is 41.7 Å². The van der Waals surface area contributed by atoms with Gasteiger partial charge in [-0.3, -0.25) is 0 Å². The average molecular weight is 324 g/mol. The van der Waals surface area contributed by atoms with E-state index in [4.69, 9.17) is 10.2 Å². The Hall–Kier alpha value is -2.17. The summed E-state index contributed by atoms with van der Waals surface area (Å²) in [6.45, 7) is 1.99. The highest BCUT2D eigenvalue weighted by Gasteiger charge is 2.14. The molecule has 0 bridgehead atoms. The minimum absolute atomic E-state index is 0.00940. The monoisotopic (exact) mass is 324 g/mol. The van der Waals surface area contributed by atoms with Crippen LogP contribution in [0.5, 0.6) is 0 Å². The zero-order valence-corrected chi connectivity index (χ0v) is 14.1. The van der Waals surface area contributed by atoms with Gasteiger partial charge >= 0.3 is 0 Å². The van der Waals surface area contributed by atoms with E-state index in [9.17, 15) is 0 Å². The average Bonchev–Trinajstić information content (AvgIpc) is 3.09. The lowest BCUT2D eigenvalue weighted by Crippen LogP contribution is -2.10. The first-order valence-electron chi connectivity index (χ1n) is 7.55. The molecule has 0 spiro atoms. The number of hydrogen-bond donors (Lipinski definition) is 1. The summed E-state index contributed by atoms with van der Waals surface area (Å²) in [6, 6.07) is 20.5. The van der Waals surface area contributed by atoms with Crippen molar-refractivity contribution in [3.63, 3.8) is 0 Å². The maximum absolute atomic E-state index is 6.04. The number of nitrogens with two attached hydrogens (primary N) is 1. The van der Waals surface area contributed by atoms with E-state index < -0.39 is 0 Å². The van der Waals surface area contributed by atoms with E-state index in [1.54, 1.807) is 18.2 Å². The van der Waals surface area contributed by atoms with Crippen LogP contribution in [-0.4, -0.2) is 7.05 Å². The quantitative estimate of drug-likeness (QED) is 0.662. The van der Waals surface area contributed by atoms with Crippen LogP contribution in [-0.2, 0) is 0 Å². The SMILES string of the molecule is CC(N)c1ccc(N(C)Sc2ccccc2)c(-c2ccco2)c1. The van der Waals surface area contributed by atoms with Crippen LogP contribution in [0.2, 0.25) is 0 Å². The van der Waals surface area contributed by atoms with Crippen molar-refractivity contribution in [2.24, 2.45) is 5.73 Å². The second-order valence-corrected chi connectivity index (χ2v) is 6.65. The lowest BCUT2D eigenvalue weighted by atomic mass is 10.0. The van der Waals surface area contributed by atoms with E-state index >= 15 is 0 Å². The number of nitrogens with zero attached hydrogens (tertiary/aromatic N) is 1. The molecule has 0 aliphatic rings. The van der Waals surface area contributed by atoms with Crippen LogP contribution in [0, 0.1) is 0 Å². The second kappa shape index (κ2) is 6.94. The molecule has 4 heteroatoms. The number of anilines is 1. The molecular weight excluding hydrogens is 304 g/mol. The number of benzene rings is 2. The molecule has 0 saturated carbocycles. The number of hydrogen-bond acceptors (Lipinski definition) is 4. The first kappa shape index (κ1) is 15.7. The maximum atomic E-state index is 6.04. The zero-order valence-electron chi connectivity index (χ0n) is 13.3. The molecule has 0 aliphatic heterocycles. The summed E-state index contributed by atoms with van der Waals surface area (Å²) < 4.78 is 7.77. The van der Waals surface area contributed by atoms with Crippen LogP contribution >= 0.6 is 11.9 Å². The van der Waals surface area contributed by atoms with Crippen molar-refractivity contribution in [3.05, 3.63) is 72.5 Å². The summed E-state index contributed by atoms with van der Waals surface area (Å²) in [5.41, 5.74) is 9.28. The molecule has 1 unspecified atom stereocenters. The van der Waals surface area contributed by atoms with Gasteiger partial charge in [0.15, 0.2) is 0 Å². The Morgan fingerprint density at radius 2 is 1.83 bits per heavy atom. The maximum Gasteiger partial charge on any atom is 0.135 e. The van der Waals surface area contributed by atoms with Crippen molar-refractivity contribution < 1.29 is 4.42 Å². The van der Waals surface area contributed by atoms with Crippen molar-refractivity contribution in [1.29, 1.82) is 0 Å². The molecular formula is C19H20N2OS. The molecule has 1 heterocycles. The molecule has 0 aliphatic carbocycles. The fraction of sp³-hybridized carbons (Fsp3) is 0.158. The van der Waals surface area contributed by atoms with Crippen molar-refractivity contribution in [3.8, 4) is 11.3 Å². The van der Waals surface area contributed by atoms with Gasteiger partial charge in [0.05, 0.1) is 12.0 Å². The molecule has 0 amide bonds. The van der Waals surface area contributed by atoms with Crippen LogP contribution < -0.4 is 10.0 Å². The van der Waals surface area contributed by atoms with Crippen LogP contribution in [0.3, 0.4) is 0 Å². The Balaban J connectivity index is 1.97. The van der Waals surface area contributed by atoms with Gasteiger partial charge in [0.1, 0.15) is 5.76 Å². The van der Waals surface area contributed by atoms with Crippen molar-refractivity contribution in [1.82, 2.24) is 0 Å². The summed E-state index contributed by atoms with van der Waals surface area (Å²) >= 11 is 1.68. The van der Waals surface area contributed by atoms with Gasteiger partial charge in [-0.25, -0.2) is 0 Å². The highest BCUT2D eigenvalue weighted by molar-refractivity contribution is 8.00. The highest BCUT2D eigenvalue weighted by Crippen LogP contribution is 2.37. The number of furan rings is 1. The van der Waals surface area contributed by atoms with Gasteiger partial charge in [-0.1, -0.05) is 24.3 Å². The molecule has 2 aromatic carbocycles. The van der Waals surface area contributed by atoms with Crippen molar-refractivity contribution in [2.75, 3.05) is 11.4 Å². The Labute approximate surface area is 141 Å². The molecule has 1 atom stereocenters. The summed E-state index contributed by atoms with van der Waals surface area (Å²) in [6.07, 6.45) is 1.70. The Morgan fingerprint density at radius 3 is 2.48 bits per heavy atom. The summed E-state index contributed by atoms with van der Waals surface area (Å²) in [5.74, 6) is 0.850. The fourth-order valence-corrected chi connectivity index (χ4v) is 3.28. The lowest BCUT2D eigenvalue weighted by molar-refractivity contribution is 0.582. The van der Waals surface area contributed by atoms with Gasteiger partial charge in [0, 0.05) is 23.5 Å². The van der Waals surface area contributed by atoms with Gasteiger partial charge in [-0.2, -0.15) is 0 Å². The van der Waals surface area contributed by atoms with E-state index in [-0.39, 0.29) is 6.04 Å². The van der Waals surface area contributed by atoms with Crippen LogP contribution in [0.4, 0.5) is 5.69 Å². The molecule has 23 heavy (non-hydrogen) atoms. The first-order valence-corrected chi connectivity index (χ1v) is 8.32. The van der Waals surface area contributed by atoms with Crippen LogP contribution in [0.1, 0.15) is 18.5 Å². The molecule has 0 fully saturated rings. The fourth-order valence-electron chi connectivity index (χ4n) is 2.43. The molecule has 3 aromatic rings. The van der Waals surface area contributed by atoms with Gasteiger partial charge in [-0.05, 0) is 60.8 Å². The van der Waals surface area contributed by atoms with Gasteiger partial charge in [-0.15, -0.1) is 0 Å². The first-order chi connectivity index (χ1) is 11.1. The Morgan fingerprint density at radius 1 is 1.04 bits per heavy atom. The molecule has 3 rings (SSSR count). The van der Waals surface area contributed by atoms with Crippen molar-refractivity contribution >= 4 is 17.6 Å². The van der Waals surface area contributed by atoms with Gasteiger partial charge in [0.2, 0.25) is 0 Å². The predicted octanol–water partition coefficient (Wildman–Crippen LogP) is 5.11. The van der Waals surface area contributed by atoms with Crippen LogP contribution in [0.25, 0.3) is 11.3 Å². The molecule has 0 radical (unpaired) electrons. The van der Waals surface area contributed by atoms with Crippen LogP contribution in [0.15, 0.2) is 76.2 Å². The molecule has 1 aromatic heterocycles. The topological polar surface area (TPSA) is 42.4 Å². The van der Waals surface area contributed by atoms with Crippen molar-refractivity contribution in [2.45, 2.75) is 17.9 Å². The minimum atomic E-state index is -0.00940. The largest absolute Gasteiger partial charge is 0.464 e. The van der Waals surface area contributed by atoms with E-state index in [0.29, 0.717) is 0 Å². The summed E-state index contributed by atoms with van der Waals surface area (Å²) in [7, 11) is 2.06. The van der Waals surface area contributed by atoms with E-state index in [1.807, 2.05) is 37.3 Å². The summed E-state index contributed by atoms with van der Waals surface area (Å²) in [4.78, 5) is 1.19. The second-order valence-electron chi connectivity index (χ2n) is 5.44. The Kier molecular flexibility index (Phi) is 4.74. The van der Waals surface area contributed by atoms with E-state index in [0.717, 1.165) is 22.6 Å². The third-order valence-electron chi connectivity index (χ3n) is 3.66. The Bertz CT molecular complexity index is 754. The number of rotatable bonds is 5. The highest BCUT2D eigenvalue weighted by atomic mass is 32.2. The van der Waals surface area contributed by atoms with Gasteiger partial charge in [0.25, 0.3) is 0 Å². The predicted molar refractivity (Wildman–Crippen MR) is 97.4 cm³/mol.